The molecular formula is C15H12N6O3. The van der Waals surface area contributed by atoms with Gasteiger partial charge in [0, 0.05) is 11.8 Å². The highest BCUT2D eigenvalue weighted by atomic mass is 16.6. The topological polar surface area (TPSA) is 125 Å². The Morgan fingerprint density at radius 1 is 1.21 bits per heavy atom. The van der Waals surface area contributed by atoms with Crippen LogP contribution in [0, 0.1) is 0 Å². The molecule has 120 valence electrons. The number of ether oxygens (including phenoxy) is 1. The third-order valence-electron chi connectivity index (χ3n) is 3.56. The number of methoxy groups -OCH3 is 1. The molecule has 3 aromatic heterocycles. The Bertz CT molecular complexity index is 1020. The maximum Gasteiger partial charge on any atom is 0.215 e. The zero-order valence-electron chi connectivity index (χ0n) is 12.5. The number of benzene rings is 1. The second-order valence-corrected chi connectivity index (χ2v) is 5.00. The molecule has 24 heavy (non-hydrogen) atoms. The van der Waals surface area contributed by atoms with Crippen LogP contribution in [0.15, 0.2) is 41.2 Å². The first-order valence-corrected chi connectivity index (χ1v) is 6.97. The van der Waals surface area contributed by atoms with Crippen molar-refractivity contribution in [2.75, 3.05) is 12.8 Å². The number of hydrogen-bond donors (Lipinski definition) is 2. The Morgan fingerprint density at radius 2 is 2.00 bits per heavy atom. The van der Waals surface area contributed by atoms with E-state index in [0.29, 0.717) is 22.9 Å². The van der Waals surface area contributed by atoms with Gasteiger partial charge >= 0.3 is 0 Å². The van der Waals surface area contributed by atoms with E-state index in [1.54, 1.807) is 36.5 Å². The summed E-state index contributed by atoms with van der Waals surface area (Å²) in [5.74, 6) is 1.18. The van der Waals surface area contributed by atoms with Gasteiger partial charge in [-0.05, 0) is 34.6 Å². The van der Waals surface area contributed by atoms with Gasteiger partial charge in [-0.25, -0.2) is 14.6 Å². The highest BCUT2D eigenvalue weighted by molar-refractivity contribution is 5.84. The Hall–Kier alpha value is -3.62. The number of imidazole rings is 1. The zero-order chi connectivity index (χ0) is 16.7. The lowest BCUT2D eigenvalue weighted by atomic mass is 10.2. The summed E-state index contributed by atoms with van der Waals surface area (Å²) in [5, 5.41) is 17.0. The van der Waals surface area contributed by atoms with E-state index >= 15 is 0 Å². The average molecular weight is 324 g/mol. The predicted molar refractivity (Wildman–Crippen MR) is 84.8 cm³/mol. The summed E-state index contributed by atoms with van der Waals surface area (Å²) in [4.78, 5) is 8.69. The molecule has 3 N–H and O–H groups in total. The second-order valence-electron chi connectivity index (χ2n) is 5.00. The lowest BCUT2D eigenvalue weighted by Crippen LogP contribution is -2.00. The Labute approximate surface area is 135 Å². The van der Waals surface area contributed by atoms with E-state index in [1.807, 2.05) is 4.57 Å². The number of phenolic OH excluding ortho intramolecular Hbond substituents is 1. The monoisotopic (exact) mass is 324 g/mol. The first kappa shape index (κ1) is 14.0. The molecular weight excluding hydrogens is 312 g/mol. The molecule has 0 atom stereocenters. The fraction of sp³-hybridized carbons (Fsp3) is 0.0667. The molecule has 9 nitrogen and oxygen atoms in total. The summed E-state index contributed by atoms with van der Waals surface area (Å²) in [5.41, 5.74) is 8.26. The van der Waals surface area contributed by atoms with Crippen molar-refractivity contribution in [1.82, 2.24) is 24.8 Å². The minimum atomic E-state index is 0.130. The smallest absolute Gasteiger partial charge is 0.215 e. The van der Waals surface area contributed by atoms with E-state index in [-0.39, 0.29) is 11.6 Å². The molecule has 4 aromatic rings. The van der Waals surface area contributed by atoms with Crippen molar-refractivity contribution < 1.29 is 14.5 Å². The van der Waals surface area contributed by atoms with Crippen LogP contribution in [0.2, 0.25) is 0 Å². The number of aromatic hydroxyl groups is 1. The molecule has 0 radical (unpaired) electrons. The summed E-state index contributed by atoms with van der Waals surface area (Å²) < 4.78 is 11.7. The second kappa shape index (κ2) is 5.23. The minimum absolute atomic E-state index is 0.130. The van der Waals surface area contributed by atoms with Crippen molar-refractivity contribution in [1.29, 1.82) is 0 Å². The van der Waals surface area contributed by atoms with Gasteiger partial charge in [0.2, 0.25) is 5.88 Å². The number of pyridine rings is 1. The fourth-order valence-corrected chi connectivity index (χ4v) is 2.45. The summed E-state index contributed by atoms with van der Waals surface area (Å²) in [6.07, 6.45) is 1.60. The van der Waals surface area contributed by atoms with Crippen LogP contribution in [-0.4, -0.2) is 37.1 Å². The number of nitrogen functional groups attached to an aromatic ring is 1. The number of nitrogens with zero attached hydrogens (tertiary/aromatic N) is 5. The van der Waals surface area contributed by atoms with Crippen LogP contribution in [0.1, 0.15) is 0 Å². The van der Waals surface area contributed by atoms with Crippen LogP contribution in [0.5, 0.6) is 11.6 Å². The molecule has 0 fully saturated rings. The summed E-state index contributed by atoms with van der Waals surface area (Å²) in [6, 6.07) is 8.40. The standard InChI is InChI=1S/C15H12N6O3/c1-23-12-6-11-10(7-17-12)18-15(13-14(16)20-24-19-13)21(11)8-2-4-9(22)5-3-8/h2-7,22H,1H3,(H2,16,20). The first-order valence-electron chi connectivity index (χ1n) is 6.97. The summed E-state index contributed by atoms with van der Waals surface area (Å²) in [6.45, 7) is 0. The number of fused-ring (bicyclic) bond motifs is 1. The van der Waals surface area contributed by atoms with Crippen molar-refractivity contribution >= 4 is 16.9 Å². The van der Waals surface area contributed by atoms with Gasteiger partial charge in [-0.1, -0.05) is 0 Å². The van der Waals surface area contributed by atoms with E-state index in [0.717, 1.165) is 11.2 Å². The molecule has 0 aliphatic heterocycles. The lowest BCUT2D eigenvalue weighted by Gasteiger charge is -2.08. The maximum absolute atomic E-state index is 9.53. The van der Waals surface area contributed by atoms with Crippen molar-refractivity contribution in [3.05, 3.63) is 36.5 Å². The van der Waals surface area contributed by atoms with Gasteiger partial charge in [0.15, 0.2) is 17.3 Å². The first-order chi connectivity index (χ1) is 11.7. The quantitative estimate of drug-likeness (QED) is 0.584. The number of phenols is 1. The predicted octanol–water partition coefficient (Wildman–Crippen LogP) is 1.77. The van der Waals surface area contributed by atoms with E-state index in [9.17, 15) is 5.11 Å². The SMILES string of the molecule is COc1cc2c(cn1)nc(-c1nonc1N)n2-c1ccc(O)cc1. The highest BCUT2D eigenvalue weighted by Crippen LogP contribution is 2.31. The summed E-state index contributed by atoms with van der Waals surface area (Å²) >= 11 is 0. The molecule has 0 saturated heterocycles. The van der Waals surface area contributed by atoms with Crippen LogP contribution in [0.4, 0.5) is 5.82 Å². The van der Waals surface area contributed by atoms with E-state index in [1.165, 1.54) is 7.11 Å². The Balaban J connectivity index is 2.06. The number of aromatic nitrogens is 5. The van der Waals surface area contributed by atoms with Gasteiger partial charge in [-0.3, -0.25) is 4.57 Å². The lowest BCUT2D eigenvalue weighted by molar-refractivity contribution is 0.310. The molecule has 4 rings (SSSR count). The molecule has 0 aliphatic rings. The van der Waals surface area contributed by atoms with Crippen molar-refractivity contribution in [3.63, 3.8) is 0 Å². The molecule has 9 heteroatoms. The van der Waals surface area contributed by atoms with Gasteiger partial charge in [0.1, 0.15) is 11.3 Å². The van der Waals surface area contributed by atoms with E-state index < -0.39 is 0 Å². The molecule has 1 aromatic carbocycles. The fourth-order valence-electron chi connectivity index (χ4n) is 2.45. The van der Waals surface area contributed by atoms with Gasteiger partial charge in [0.25, 0.3) is 0 Å². The number of rotatable bonds is 3. The molecule has 3 heterocycles. The Morgan fingerprint density at radius 3 is 2.67 bits per heavy atom. The summed E-state index contributed by atoms with van der Waals surface area (Å²) in [7, 11) is 1.54. The van der Waals surface area contributed by atoms with Crippen molar-refractivity contribution in [2.45, 2.75) is 0 Å². The van der Waals surface area contributed by atoms with Crippen molar-refractivity contribution in [3.8, 4) is 28.8 Å². The maximum atomic E-state index is 9.53. The van der Waals surface area contributed by atoms with Crippen molar-refractivity contribution in [2.24, 2.45) is 0 Å². The highest BCUT2D eigenvalue weighted by Gasteiger charge is 2.21. The third kappa shape index (κ3) is 2.10. The number of nitrogens with two attached hydrogens (primary N) is 1. The molecule has 0 amide bonds. The third-order valence-corrected chi connectivity index (χ3v) is 3.56. The number of anilines is 1. The largest absolute Gasteiger partial charge is 0.508 e. The van der Waals surface area contributed by atoms with Crippen LogP contribution in [-0.2, 0) is 0 Å². The van der Waals surface area contributed by atoms with Crippen LogP contribution >= 0.6 is 0 Å². The molecule has 0 unspecified atom stereocenters. The zero-order valence-corrected chi connectivity index (χ0v) is 12.5. The van der Waals surface area contributed by atoms with Crippen LogP contribution in [0.3, 0.4) is 0 Å². The molecule has 0 aliphatic carbocycles. The molecule has 0 spiro atoms. The molecule has 0 saturated carbocycles. The van der Waals surface area contributed by atoms with Crippen LogP contribution < -0.4 is 10.5 Å². The average Bonchev–Trinajstić information content (AvgIpc) is 3.18. The van der Waals surface area contributed by atoms with Gasteiger partial charge in [-0.2, -0.15) is 0 Å². The Kier molecular flexibility index (Phi) is 3.05. The number of hydrogen-bond acceptors (Lipinski definition) is 8. The van der Waals surface area contributed by atoms with Gasteiger partial charge in [-0.15, -0.1) is 0 Å². The van der Waals surface area contributed by atoms with E-state index in [2.05, 4.69) is 20.3 Å². The van der Waals surface area contributed by atoms with Crippen LogP contribution in [0.25, 0.3) is 28.2 Å². The van der Waals surface area contributed by atoms with Gasteiger partial charge in [0.05, 0.1) is 18.8 Å². The molecule has 0 bridgehead atoms. The normalized spacial score (nSPS) is 11.0. The van der Waals surface area contributed by atoms with Gasteiger partial charge < -0.3 is 15.6 Å². The minimum Gasteiger partial charge on any atom is -0.508 e. The van der Waals surface area contributed by atoms with E-state index in [4.69, 9.17) is 15.1 Å².